The third-order valence-electron chi connectivity index (χ3n) is 4.11. The minimum Gasteiger partial charge on any atom is -0.394 e. The predicted molar refractivity (Wildman–Crippen MR) is 68.4 cm³/mol. The van der Waals surface area contributed by atoms with Gasteiger partial charge in [-0.05, 0) is 19.8 Å². The second kappa shape index (κ2) is 5.88. The maximum atomic E-state index is 12.2. The molecule has 6 nitrogen and oxygen atoms in total. The fourth-order valence-electron chi connectivity index (χ4n) is 2.70. The first-order valence-corrected chi connectivity index (χ1v) is 6.88. The van der Waals surface area contributed by atoms with E-state index in [1.807, 2.05) is 6.92 Å². The maximum Gasteiger partial charge on any atom is 0.225 e. The van der Waals surface area contributed by atoms with Gasteiger partial charge in [0.15, 0.2) is 0 Å². The molecular formula is C13H22N2O4. The van der Waals surface area contributed by atoms with Crippen molar-refractivity contribution in [1.29, 1.82) is 0 Å². The van der Waals surface area contributed by atoms with E-state index in [2.05, 4.69) is 5.32 Å². The van der Waals surface area contributed by atoms with Gasteiger partial charge in [0.25, 0.3) is 0 Å². The molecule has 0 aliphatic carbocycles. The molecule has 0 aromatic rings. The van der Waals surface area contributed by atoms with Crippen LogP contribution < -0.4 is 5.32 Å². The Labute approximate surface area is 113 Å². The van der Waals surface area contributed by atoms with Crippen molar-refractivity contribution in [3.8, 4) is 0 Å². The minimum atomic E-state index is -0.571. The SMILES string of the molecule is CCN1CC(C(=O)NC2(CO)CCOCC2)CC1=O. The summed E-state index contributed by atoms with van der Waals surface area (Å²) in [5, 5.41) is 12.5. The van der Waals surface area contributed by atoms with Gasteiger partial charge < -0.3 is 20.1 Å². The third kappa shape index (κ3) is 3.06. The number of likely N-dealkylation sites (tertiary alicyclic amines) is 1. The number of nitrogens with zero attached hydrogens (tertiary/aromatic N) is 1. The molecule has 2 heterocycles. The molecule has 0 aromatic carbocycles. The molecule has 6 heteroatoms. The molecule has 2 aliphatic rings. The van der Waals surface area contributed by atoms with Crippen molar-refractivity contribution in [1.82, 2.24) is 10.2 Å². The number of amides is 2. The van der Waals surface area contributed by atoms with Gasteiger partial charge in [0.2, 0.25) is 11.8 Å². The molecule has 1 unspecified atom stereocenters. The first kappa shape index (κ1) is 14.3. The number of aliphatic hydroxyl groups is 1. The van der Waals surface area contributed by atoms with E-state index >= 15 is 0 Å². The summed E-state index contributed by atoms with van der Waals surface area (Å²) in [5.74, 6) is -0.383. The normalized spacial score (nSPS) is 26.5. The highest BCUT2D eigenvalue weighted by atomic mass is 16.5. The lowest BCUT2D eigenvalue weighted by Gasteiger charge is -2.37. The molecule has 0 aromatic heterocycles. The van der Waals surface area contributed by atoms with E-state index in [9.17, 15) is 14.7 Å². The largest absolute Gasteiger partial charge is 0.394 e. The van der Waals surface area contributed by atoms with E-state index < -0.39 is 5.54 Å². The number of aliphatic hydroxyl groups excluding tert-OH is 1. The molecule has 1 atom stereocenters. The number of nitrogens with one attached hydrogen (secondary N) is 1. The zero-order valence-electron chi connectivity index (χ0n) is 11.4. The van der Waals surface area contributed by atoms with Gasteiger partial charge in [-0.1, -0.05) is 0 Å². The standard InChI is InChI=1S/C13H22N2O4/c1-2-15-8-10(7-11(15)17)12(18)14-13(9-16)3-5-19-6-4-13/h10,16H,2-9H2,1H3,(H,14,18). The fraction of sp³-hybridized carbons (Fsp3) is 0.846. The van der Waals surface area contributed by atoms with Crippen molar-refractivity contribution in [3.63, 3.8) is 0 Å². The highest BCUT2D eigenvalue weighted by Gasteiger charge is 2.39. The number of carbonyl (C=O) groups is 2. The molecule has 2 saturated heterocycles. The van der Waals surface area contributed by atoms with Gasteiger partial charge >= 0.3 is 0 Å². The number of hydrogen-bond acceptors (Lipinski definition) is 4. The van der Waals surface area contributed by atoms with Gasteiger partial charge in [-0.3, -0.25) is 9.59 Å². The second-order valence-electron chi connectivity index (χ2n) is 5.37. The maximum absolute atomic E-state index is 12.2. The molecule has 2 amide bonds. The van der Waals surface area contributed by atoms with Gasteiger partial charge in [-0.25, -0.2) is 0 Å². The van der Waals surface area contributed by atoms with Crippen LogP contribution in [0.3, 0.4) is 0 Å². The van der Waals surface area contributed by atoms with Crippen molar-refractivity contribution >= 4 is 11.8 Å². The third-order valence-corrected chi connectivity index (χ3v) is 4.11. The zero-order chi connectivity index (χ0) is 13.9. The first-order valence-electron chi connectivity index (χ1n) is 6.88. The highest BCUT2D eigenvalue weighted by Crippen LogP contribution is 2.23. The van der Waals surface area contributed by atoms with Crippen LogP contribution in [0.25, 0.3) is 0 Å². The minimum absolute atomic E-state index is 0.0349. The Balaban J connectivity index is 1.95. The van der Waals surface area contributed by atoms with E-state index in [4.69, 9.17) is 4.74 Å². The van der Waals surface area contributed by atoms with Crippen molar-refractivity contribution < 1.29 is 19.4 Å². The van der Waals surface area contributed by atoms with Crippen LogP contribution in [-0.4, -0.2) is 60.3 Å². The first-order chi connectivity index (χ1) is 9.10. The molecule has 0 spiro atoms. The molecule has 0 bridgehead atoms. The summed E-state index contributed by atoms with van der Waals surface area (Å²) >= 11 is 0. The van der Waals surface area contributed by atoms with Crippen LogP contribution >= 0.6 is 0 Å². The Morgan fingerprint density at radius 2 is 2.21 bits per heavy atom. The Hall–Kier alpha value is -1.14. The summed E-state index contributed by atoms with van der Waals surface area (Å²) in [4.78, 5) is 25.6. The van der Waals surface area contributed by atoms with E-state index in [0.717, 1.165) is 0 Å². The Morgan fingerprint density at radius 1 is 1.53 bits per heavy atom. The van der Waals surface area contributed by atoms with E-state index in [-0.39, 0.29) is 30.8 Å². The summed E-state index contributed by atoms with van der Waals surface area (Å²) in [5.41, 5.74) is -0.571. The summed E-state index contributed by atoms with van der Waals surface area (Å²) < 4.78 is 5.26. The topological polar surface area (TPSA) is 78.9 Å². The molecular weight excluding hydrogens is 248 g/mol. The van der Waals surface area contributed by atoms with Gasteiger partial charge in [-0.2, -0.15) is 0 Å². The molecule has 2 N–H and O–H groups in total. The van der Waals surface area contributed by atoms with Crippen molar-refractivity contribution in [3.05, 3.63) is 0 Å². The van der Waals surface area contributed by atoms with Crippen molar-refractivity contribution in [2.75, 3.05) is 32.9 Å². The zero-order valence-corrected chi connectivity index (χ0v) is 11.4. The summed E-state index contributed by atoms with van der Waals surface area (Å²) in [6.07, 6.45) is 1.51. The van der Waals surface area contributed by atoms with Gasteiger partial charge in [0.1, 0.15) is 0 Å². The lowest BCUT2D eigenvalue weighted by molar-refractivity contribution is -0.130. The Kier molecular flexibility index (Phi) is 4.42. The summed E-state index contributed by atoms with van der Waals surface area (Å²) in [6.45, 7) is 4.05. The summed E-state index contributed by atoms with van der Waals surface area (Å²) in [7, 11) is 0. The van der Waals surface area contributed by atoms with Crippen molar-refractivity contribution in [2.24, 2.45) is 5.92 Å². The summed E-state index contributed by atoms with van der Waals surface area (Å²) in [6, 6.07) is 0. The Bertz CT molecular complexity index is 353. The van der Waals surface area contributed by atoms with Gasteiger partial charge in [0.05, 0.1) is 18.1 Å². The van der Waals surface area contributed by atoms with Gasteiger partial charge in [-0.15, -0.1) is 0 Å². The smallest absolute Gasteiger partial charge is 0.225 e. The van der Waals surface area contributed by atoms with Crippen LogP contribution in [0, 0.1) is 5.92 Å². The number of carbonyl (C=O) groups excluding carboxylic acids is 2. The lowest BCUT2D eigenvalue weighted by atomic mass is 9.90. The van der Waals surface area contributed by atoms with Gasteiger partial charge in [0, 0.05) is 32.7 Å². The molecule has 2 aliphatic heterocycles. The average molecular weight is 270 g/mol. The second-order valence-corrected chi connectivity index (χ2v) is 5.37. The molecule has 2 fully saturated rings. The monoisotopic (exact) mass is 270 g/mol. The van der Waals surface area contributed by atoms with Crippen LogP contribution in [0.2, 0.25) is 0 Å². The van der Waals surface area contributed by atoms with E-state index in [1.54, 1.807) is 4.90 Å². The fourth-order valence-corrected chi connectivity index (χ4v) is 2.70. The number of ether oxygens (including phenoxy) is 1. The number of hydrogen-bond donors (Lipinski definition) is 2. The van der Waals surface area contributed by atoms with E-state index in [1.165, 1.54) is 0 Å². The Morgan fingerprint density at radius 3 is 2.74 bits per heavy atom. The van der Waals surface area contributed by atoms with Crippen LogP contribution in [0.15, 0.2) is 0 Å². The van der Waals surface area contributed by atoms with Crippen LogP contribution in [0.4, 0.5) is 0 Å². The van der Waals surface area contributed by atoms with E-state index in [0.29, 0.717) is 39.1 Å². The average Bonchev–Trinajstić information content (AvgIpc) is 2.81. The predicted octanol–water partition coefficient (Wildman–Crippen LogP) is -0.487. The van der Waals surface area contributed by atoms with Crippen LogP contribution in [-0.2, 0) is 14.3 Å². The van der Waals surface area contributed by atoms with Crippen molar-refractivity contribution in [2.45, 2.75) is 31.7 Å². The van der Waals surface area contributed by atoms with Crippen LogP contribution in [0.1, 0.15) is 26.2 Å². The molecule has 108 valence electrons. The molecule has 0 radical (unpaired) electrons. The molecule has 0 saturated carbocycles. The molecule has 19 heavy (non-hydrogen) atoms. The number of rotatable bonds is 4. The quantitative estimate of drug-likeness (QED) is 0.723. The van der Waals surface area contributed by atoms with Crippen LogP contribution in [0.5, 0.6) is 0 Å². The highest BCUT2D eigenvalue weighted by molar-refractivity contribution is 5.89. The molecule has 2 rings (SSSR count). The lowest BCUT2D eigenvalue weighted by Crippen LogP contribution is -2.56.